The summed E-state index contributed by atoms with van der Waals surface area (Å²) in [6.45, 7) is 4.09. The van der Waals surface area contributed by atoms with Crippen LogP contribution in [-0.2, 0) is 4.79 Å². The molecule has 3 unspecified atom stereocenters. The van der Waals surface area contributed by atoms with Crippen molar-refractivity contribution in [3.05, 3.63) is 60.8 Å². The molecule has 254 valence electrons. The van der Waals surface area contributed by atoms with Gasteiger partial charge in [0.15, 0.2) is 0 Å². The minimum Gasteiger partial charge on any atom is -0.394 e. The summed E-state index contributed by atoms with van der Waals surface area (Å²) in [6, 6.07) is -0.769. The van der Waals surface area contributed by atoms with Gasteiger partial charge in [-0.1, -0.05) is 145 Å². The van der Waals surface area contributed by atoms with Crippen LogP contribution in [0.5, 0.6) is 0 Å². The summed E-state index contributed by atoms with van der Waals surface area (Å²) in [5.74, 6) is -0.339. The SMILES string of the molecule is CCCC/C=C/CC/C=C/CC/C=C/C(O)C(CO)NC(=O)CC(O)CCCCCCCCCC/C=C\C=C/CCCCC. The first-order chi connectivity index (χ1) is 21.5. The van der Waals surface area contributed by atoms with E-state index in [1.54, 1.807) is 6.08 Å². The fourth-order valence-electron chi connectivity index (χ4n) is 4.93. The van der Waals surface area contributed by atoms with Gasteiger partial charge in [-0.25, -0.2) is 0 Å². The van der Waals surface area contributed by atoms with Gasteiger partial charge >= 0.3 is 0 Å². The lowest BCUT2D eigenvalue weighted by molar-refractivity contribution is -0.124. The van der Waals surface area contributed by atoms with Gasteiger partial charge in [0.25, 0.3) is 0 Å². The first-order valence-corrected chi connectivity index (χ1v) is 18.1. The van der Waals surface area contributed by atoms with Crippen LogP contribution in [0.25, 0.3) is 0 Å². The fourth-order valence-corrected chi connectivity index (χ4v) is 4.93. The molecule has 0 rings (SSSR count). The number of hydrogen-bond donors (Lipinski definition) is 4. The summed E-state index contributed by atoms with van der Waals surface area (Å²) < 4.78 is 0. The van der Waals surface area contributed by atoms with E-state index in [0.717, 1.165) is 44.9 Å². The average molecular weight is 616 g/mol. The van der Waals surface area contributed by atoms with E-state index in [9.17, 15) is 20.1 Å². The van der Waals surface area contributed by atoms with Crippen molar-refractivity contribution in [3.8, 4) is 0 Å². The van der Waals surface area contributed by atoms with E-state index in [2.05, 4.69) is 67.8 Å². The number of aliphatic hydroxyl groups is 3. The first kappa shape index (κ1) is 42.0. The third-order valence-corrected chi connectivity index (χ3v) is 7.78. The largest absolute Gasteiger partial charge is 0.394 e. The lowest BCUT2D eigenvalue weighted by Crippen LogP contribution is -2.45. The van der Waals surface area contributed by atoms with Gasteiger partial charge in [0, 0.05) is 0 Å². The van der Waals surface area contributed by atoms with E-state index in [0.29, 0.717) is 6.42 Å². The Morgan fingerprint density at radius 1 is 0.591 bits per heavy atom. The van der Waals surface area contributed by atoms with Crippen molar-refractivity contribution in [2.45, 2.75) is 173 Å². The quantitative estimate of drug-likeness (QED) is 0.0355. The summed E-state index contributed by atoms with van der Waals surface area (Å²) in [6.07, 6.45) is 43.4. The van der Waals surface area contributed by atoms with Crippen LogP contribution in [0.2, 0.25) is 0 Å². The highest BCUT2D eigenvalue weighted by atomic mass is 16.3. The fraction of sp³-hybridized carbons (Fsp3) is 0.718. The second-order valence-electron chi connectivity index (χ2n) is 12.1. The molecule has 5 heteroatoms. The molecule has 0 bridgehead atoms. The van der Waals surface area contributed by atoms with Crippen molar-refractivity contribution in [2.24, 2.45) is 0 Å². The molecule has 5 nitrogen and oxygen atoms in total. The van der Waals surface area contributed by atoms with E-state index in [4.69, 9.17) is 0 Å². The van der Waals surface area contributed by atoms with Gasteiger partial charge in [0.1, 0.15) is 0 Å². The maximum absolute atomic E-state index is 12.3. The third kappa shape index (κ3) is 30.1. The first-order valence-electron chi connectivity index (χ1n) is 18.1. The zero-order chi connectivity index (χ0) is 32.4. The summed E-state index contributed by atoms with van der Waals surface area (Å²) in [7, 11) is 0. The number of carbonyl (C=O) groups excluding carboxylic acids is 1. The van der Waals surface area contributed by atoms with Crippen LogP contribution in [0.4, 0.5) is 0 Å². The van der Waals surface area contributed by atoms with E-state index >= 15 is 0 Å². The zero-order valence-corrected chi connectivity index (χ0v) is 28.5. The Labute approximate surface area is 271 Å². The highest BCUT2D eigenvalue weighted by Gasteiger charge is 2.20. The van der Waals surface area contributed by atoms with Gasteiger partial charge in [0.2, 0.25) is 5.91 Å². The Kier molecular flexibility index (Phi) is 32.4. The molecule has 1 amide bonds. The number of aliphatic hydroxyl groups excluding tert-OH is 3. The molecule has 0 fully saturated rings. The normalized spacial score (nSPS) is 14.6. The molecular weight excluding hydrogens is 546 g/mol. The Hall–Kier alpha value is -1.95. The van der Waals surface area contributed by atoms with Crippen molar-refractivity contribution in [2.75, 3.05) is 6.61 Å². The maximum atomic E-state index is 12.3. The van der Waals surface area contributed by atoms with E-state index in [1.807, 2.05) is 6.08 Å². The predicted octanol–water partition coefficient (Wildman–Crippen LogP) is 9.59. The number of carbonyl (C=O) groups is 1. The minimum absolute atomic E-state index is 0.00534. The summed E-state index contributed by atoms with van der Waals surface area (Å²) in [4.78, 5) is 12.3. The van der Waals surface area contributed by atoms with Crippen LogP contribution < -0.4 is 5.32 Å². The smallest absolute Gasteiger partial charge is 0.222 e. The highest BCUT2D eigenvalue weighted by molar-refractivity contribution is 5.76. The van der Waals surface area contributed by atoms with E-state index in [-0.39, 0.29) is 18.9 Å². The molecule has 0 saturated carbocycles. The minimum atomic E-state index is -0.961. The Morgan fingerprint density at radius 2 is 1.07 bits per heavy atom. The summed E-state index contributed by atoms with van der Waals surface area (Å²) >= 11 is 0. The number of unbranched alkanes of at least 4 members (excludes halogenated alkanes) is 15. The molecule has 3 atom stereocenters. The molecular formula is C39H69NO4. The van der Waals surface area contributed by atoms with Crippen molar-refractivity contribution in [1.29, 1.82) is 0 Å². The molecule has 0 saturated heterocycles. The lowest BCUT2D eigenvalue weighted by atomic mass is 10.0. The Bertz CT molecular complexity index is 770. The average Bonchev–Trinajstić information content (AvgIpc) is 3.01. The summed E-state index contributed by atoms with van der Waals surface area (Å²) in [5, 5.41) is 33.0. The van der Waals surface area contributed by atoms with Crippen molar-refractivity contribution < 1.29 is 20.1 Å². The van der Waals surface area contributed by atoms with Gasteiger partial charge in [-0.2, -0.15) is 0 Å². The molecule has 0 aliphatic carbocycles. The Morgan fingerprint density at radius 3 is 1.64 bits per heavy atom. The molecule has 0 spiro atoms. The van der Waals surface area contributed by atoms with Crippen molar-refractivity contribution in [1.82, 2.24) is 5.32 Å². The Balaban J connectivity index is 3.82. The molecule has 44 heavy (non-hydrogen) atoms. The van der Waals surface area contributed by atoms with Crippen LogP contribution in [0.3, 0.4) is 0 Å². The van der Waals surface area contributed by atoms with Crippen LogP contribution in [0, 0.1) is 0 Å². The third-order valence-electron chi connectivity index (χ3n) is 7.78. The molecule has 4 N–H and O–H groups in total. The predicted molar refractivity (Wildman–Crippen MR) is 190 cm³/mol. The second-order valence-corrected chi connectivity index (χ2v) is 12.1. The van der Waals surface area contributed by atoms with Gasteiger partial charge < -0.3 is 20.6 Å². The molecule has 0 aromatic heterocycles. The molecule has 0 heterocycles. The summed E-state index contributed by atoms with van der Waals surface area (Å²) in [5.41, 5.74) is 0. The lowest BCUT2D eigenvalue weighted by Gasteiger charge is -2.21. The number of nitrogens with one attached hydrogen (secondary N) is 1. The van der Waals surface area contributed by atoms with E-state index in [1.165, 1.54) is 83.5 Å². The zero-order valence-electron chi connectivity index (χ0n) is 28.5. The number of amides is 1. The van der Waals surface area contributed by atoms with Crippen LogP contribution in [0.15, 0.2) is 60.8 Å². The number of rotatable bonds is 31. The van der Waals surface area contributed by atoms with Crippen molar-refractivity contribution in [3.63, 3.8) is 0 Å². The number of allylic oxidation sites excluding steroid dienone is 9. The molecule has 0 radical (unpaired) electrons. The molecule has 0 aliphatic rings. The topological polar surface area (TPSA) is 89.8 Å². The van der Waals surface area contributed by atoms with Crippen LogP contribution in [-0.4, -0.2) is 46.1 Å². The van der Waals surface area contributed by atoms with Gasteiger partial charge in [-0.3, -0.25) is 4.79 Å². The monoisotopic (exact) mass is 616 g/mol. The van der Waals surface area contributed by atoms with Gasteiger partial charge in [-0.15, -0.1) is 0 Å². The standard InChI is InChI=1S/C39H69NO4/c1-3-5-7-9-11-13-15-17-18-19-20-21-22-24-26-28-30-32-36(42)34-39(44)40-37(35-41)38(43)33-31-29-27-25-23-16-14-12-10-8-6-4-2/h10-13,15,17,23,25,31,33,36-38,41-43H,3-9,14,16,18-22,24,26-30,32,34-35H2,1-2H3,(H,40,44)/b12-10+,13-11-,17-15-,25-23+,33-31+. The molecule has 0 aromatic carbocycles. The second kappa shape index (κ2) is 33.9. The number of hydrogen-bond acceptors (Lipinski definition) is 4. The van der Waals surface area contributed by atoms with Crippen LogP contribution >= 0.6 is 0 Å². The molecule has 0 aromatic rings. The highest BCUT2D eigenvalue weighted by Crippen LogP contribution is 2.13. The molecule has 0 aliphatic heterocycles. The van der Waals surface area contributed by atoms with Crippen LogP contribution in [0.1, 0.15) is 155 Å². The van der Waals surface area contributed by atoms with Crippen molar-refractivity contribution >= 4 is 5.91 Å². The van der Waals surface area contributed by atoms with E-state index < -0.39 is 18.2 Å². The maximum Gasteiger partial charge on any atom is 0.222 e. The van der Waals surface area contributed by atoms with Gasteiger partial charge in [0.05, 0.1) is 31.3 Å². The van der Waals surface area contributed by atoms with Gasteiger partial charge in [-0.05, 0) is 64.2 Å².